The Bertz CT molecular complexity index is 1300. The van der Waals surface area contributed by atoms with Gasteiger partial charge in [0.05, 0.1) is 29.8 Å². The van der Waals surface area contributed by atoms with Crippen molar-refractivity contribution in [2.45, 2.75) is 0 Å². The summed E-state index contributed by atoms with van der Waals surface area (Å²) in [7, 11) is 1.55. The molecule has 29 heavy (non-hydrogen) atoms. The van der Waals surface area contributed by atoms with Gasteiger partial charge in [-0.3, -0.25) is 19.5 Å². The molecule has 2 aromatic heterocycles. The van der Waals surface area contributed by atoms with Crippen LogP contribution in [0.3, 0.4) is 0 Å². The molecule has 0 fully saturated rings. The molecule has 0 aliphatic rings. The third kappa shape index (κ3) is 3.51. The molecule has 0 atom stereocenters. The van der Waals surface area contributed by atoms with E-state index < -0.39 is 4.92 Å². The van der Waals surface area contributed by atoms with Gasteiger partial charge in [-0.25, -0.2) is 4.98 Å². The van der Waals surface area contributed by atoms with Crippen LogP contribution in [0.5, 0.6) is 5.75 Å². The first-order chi connectivity index (χ1) is 14.1. The SMILES string of the molecule is COc1cccc(-n2c(C=Cc3ccc([N+](=O)[O-])o3)nc3ccccc3c2=O)c1. The Balaban J connectivity index is 1.90. The van der Waals surface area contributed by atoms with Crippen molar-refractivity contribution in [3.05, 3.63) is 92.7 Å². The van der Waals surface area contributed by atoms with E-state index in [0.29, 0.717) is 28.2 Å². The van der Waals surface area contributed by atoms with Crippen LogP contribution < -0.4 is 10.3 Å². The van der Waals surface area contributed by atoms with Gasteiger partial charge in [0.25, 0.3) is 5.56 Å². The maximum Gasteiger partial charge on any atom is 0.433 e. The predicted molar refractivity (Wildman–Crippen MR) is 108 cm³/mol. The molecule has 4 aromatic rings. The minimum Gasteiger partial charge on any atom is -0.497 e. The van der Waals surface area contributed by atoms with Crippen LogP contribution in [0.15, 0.2) is 69.9 Å². The van der Waals surface area contributed by atoms with Crippen LogP contribution in [0.4, 0.5) is 5.88 Å². The highest BCUT2D eigenvalue weighted by molar-refractivity contribution is 5.80. The van der Waals surface area contributed by atoms with Crippen LogP contribution in [-0.4, -0.2) is 21.6 Å². The lowest BCUT2D eigenvalue weighted by atomic mass is 10.2. The first-order valence-corrected chi connectivity index (χ1v) is 8.65. The summed E-state index contributed by atoms with van der Waals surface area (Å²) < 4.78 is 11.9. The van der Waals surface area contributed by atoms with Gasteiger partial charge < -0.3 is 9.15 Å². The molecule has 0 saturated heterocycles. The van der Waals surface area contributed by atoms with Crippen LogP contribution in [0.2, 0.25) is 0 Å². The van der Waals surface area contributed by atoms with Crippen molar-refractivity contribution in [2.75, 3.05) is 7.11 Å². The van der Waals surface area contributed by atoms with Crippen LogP contribution in [0, 0.1) is 10.1 Å². The van der Waals surface area contributed by atoms with Crippen molar-refractivity contribution >= 4 is 28.9 Å². The van der Waals surface area contributed by atoms with Gasteiger partial charge in [-0.05, 0) is 42.5 Å². The molecule has 0 aliphatic heterocycles. The van der Waals surface area contributed by atoms with Crippen molar-refractivity contribution < 1.29 is 14.1 Å². The molecule has 4 rings (SSSR count). The third-order valence-corrected chi connectivity index (χ3v) is 4.30. The number of nitro groups is 1. The van der Waals surface area contributed by atoms with E-state index >= 15 is 0 Å². The largest absolute Gasteiger partial charge is 0.497 e. The van der Waals surface area contributed by atoms with E-state index in [4.69, 9.17) is 9.15 Å². The van der Waals surface area contributed by atoms with Gasteiger partial charge in [0.15, 0.2) is 0 Å². The van der Waals surface area contributed by atoms with Gasteiger partial charge in [-0.15, -0.1) is 0 Å². The fourth-order valence-corrected chi connectivity index (χ4v) is 2.95. The number of ether oxygens (including phenoxy) is 1. The molecule has 0 amide bonds. The number of furan rings is 1. The van der Waals surface area contributed by atoms with Crippen molar-refractivity contribution in [3.8, 4) is 11.4 Å². The molecule has 8 nitrogen and oxygen atoms in total. The second-order valence-corrected chi connectivity index (χ2v) is 6.10. The smallest absolute Gasteiger partial charge is 0.433 e. The van der Waals surface area contributed by atoms with Gasteiger partial charge >= 0.3 is 5.88 Å². The van der Waals surface area contributed by atoms with Gasteiger partial charge in [0, 0.05) is 6.07 Å². The molecule has 0 aliphatic carbocycles. The Morgan fingerprint density at radius 2 is 1.93 bits per heavy atom. The second kappa shape index (κ2) is 7.43. The maximum atomic E-state index is 13.2. The van der Waals surface area contributed by atoms with E-state index in [1.807, 2.05) is 0 Å². The summed E-state index contributed by atoms with van der Waals surface area (Å²) in [6.07, 6.45) is 3.11. The third-order valence-electron chi connectivity index (χ3n) is 4.30. The average Bonchev–Trinajstić information content (AvgIpc) is 3.22. The van der Waals surface area contributed by atoms with Crippen LogP contribution in [0.25, 0.3) is 28.7 Å². The number of para-hydroxylation sites is 1. The van der Waals surface area contributed by atoms with E-state index in [2.05, 4.69) is 4.98 Å². The molecule has 2 aromatic carbocycles. The van der Waals surface area contributed by atoms with Gasteiger partial charge in [-0.2, -0.15) is 0 Å². The number of rotatable bonds is 5. The van der Waals surface area contributed by atoms with Crippen molar-refractivity contribution in [2.24, 2.45) is 0 Å². The number of benzene rings is 2. The first-order valence-electron chi connectivity index (χ1n) is 8.65. The predicted octanol–water partition coefficient (Wildman–Crippen LogP) is 4.07. The first kappa shape index (κ1) is 18.2. The Kier molecular flexibility index (Phi) is 4.66. The average molecular weight is 389 g/mol. The zero-order valence-corrected chi connectivity index (χ0v) is 15.3. The standard InChI is InChI=1S/C21H15N3O5/c1-28-16-6-4-5-14(13-16)23-19(11-9-15-10-12-20(29-15)24(26)27)22-18-8-3-2-7-17(18)21(23)25/h2-13H,1H3. The maximum absolute atomic E-state index is 13.2. The lowest BCUT2D eigenvalue weighted by molar-refractivity contribution is -0.402. The number of methoxy groups -OCH3 is 1. The van der Waals surface area contributed by atoms with Gasteiger partial charge in [0.1, 0.15) is 22.3 Å². The van der Waals surface area contributed by atoms with E-state index in [9.17, 15) is 14.9 Å². The highest BCUT2D eigenvalue weighted by Gasteiger charge is 2.13. The molecule has 144 valence electrons. The number of nitrogens with zero attached hydrogens (tertiary/aromatic N) is 3. The second-order valence-electron chi connectivity index (χ2n) is 6.10. The lowest BCUT2D eigenvalue weighted by Crippen LogP contribution is -2.22. The molecule has 0 bridgehead atoms. The highest BCUT2D eigenvalue weighted by Crippen LogP contribution is 2.21. The number of aromatic nitrogens is 2. The summed E-state index contributed by atoms with van der Waals surface area (Å²) in [5.74, 6) is 0.859. The molecule has 8 heteroatoms. The van der Waals surface area contributed by atoms with Crippen molar-refractivity contribution in [3.63, 3.8) is 0 Å². The summed E-state index contributed by atoms with van der Waals surface area (Å²) in [5, 5.41) is 11.3. The van der Waals surface area contributed by atoms with Crippen molar-refractivity contribution in [1.29, 1.82) is 0 Å². The Morgan fingerprint density at radius 1 is 1.10 bits per heavy atom. The lowest BCUT2D eigenvalue weighted by Gasteiger charge is -2.12. The minimum atomic E-state index is -0.613. The Hall–Kier alpha value is -4.20. The number of fused-ring (bicyclic) bond motifs is 1. The Labute approximate surface area is 164 Å². The molecule has 2 heterocycles. The van der Waals surface area contributed by atoms with Crippen LogP contribution >= 0.6 is 0 Å². The molecule has 0 N–H and O–H groups in total. The monoisotopic (exact) mass is 389 g/mol. The zero-order chi connectivity index (χ0) is 20.4. The molecule has 0 unspecified atom stereocenters. The summed E-state index contributed by atoms with van der Waals surface area (Å²) >= 11 is 0. The number of hydrogen-bond donors (Lipinski definition) is 0. The van der Waals surface area contributed by atoms with E-state index in [1.165, 1.54) is 22.8 Å². The summed E-state index contributed by atoms with van der Waals surface area (Å²) in [5.41, 5.74) is 0.883. The van der Waals surface area contributed by atoms with E-state index in [0.717, 1.165) is 0 Å². The fourth-order valence-electron chi connectivity index (χ4n) is 2.95. The van der Waals surface area contributed by atoms with Gasteiger partial charge in [-0.1, -0.05) is 18.2 Å². The summed E-state index contributed by atoms with van der Waals surface area (Å²) in [4.78, 5) is 28.0. The normalized spacial score (nSPS) is 11.2. The fraction of sp³-hybridized carbons (Fsp3) is 0.0476. The quantitative estimate of drug-likeness (QED) is 0.377. The molecular weight excluding hydrogens is 374 g/mol. The number of hydrogen-bond acceptors (Lipinski definition) is 6. The summed E-state index contributed by atoms with van der Waals surface area (Å²) in [6.45, 7) is 0. The molecule has 0 saturated carbocycles. The van der Waals surface area contributed by atoms with Crippen molar-refractivity contribution in [1.82, 2.24) is 9.55 Å². The zero-order valence-electron chi connectivity index (χ0n) is 15.3. The molecule has 0 spiro atoms. The van der Waals surface area contributed by atoms with E-state index in [-0.39, 0.29) is 17.2 Å². The van der Waals surface area contributed by atoms with Crippen LogP contribution in [-0.2, 0) is 0 Å². The summed E-state index contributed by atoms with van der Waals surface area (Å²) in [6, 6.07) is 16.8. The topological polar surface area (TPSA) is 100 Å². The molecule has 0 radical (unpaired) electrons. The van der Waals surface area contributed by atoms with Crippen LogP contribution in [0.1, 0.15) is 11.6 Å². The molecular formula is C21H15N3O5. The van der Waals surface area contributed by atoms with Gasteiger partial charge in [0.2, 0.25) is 0 Å². The highest BCUT2D eigenvalue weighted by atomic mass is 16.6. The minimum absolute atomic E-state index is 0.242. The van der Waals surface area contributed by atoms with E-state index in [1.54, 1.807) is 61.7 Å². The Morgan fingerprint density at radius 3 is 2.69 bits per heavy atom.